The summed E-state index contributed by atoms with van der Waals surface area (Å²) in [5.41, 5.74) is 0.534. The van der Waals surface area contributed by atoms with E-state index in [-0.39, 0.29) is 17.9 Å². The van der Waals surface area contributed by atoms with Gasteiger partial charge >= 0.3 is 5.76 Å². The Bertz CT molecular complexity index is 853. The number of benzene rings is 1. The summed E-state index contributed by atoms with van der Waals surface area (Å²) < 4.78 is 6.36. The van der Waals surface area contributed by atoms with Crippen molar-refractivity contribution in [2.24, 2.45) is 0 Å². The number of nitro groups is 1. The number of oxazole rings is 1. The zero-order valence-corrected chi connectivity index (χ0v) is 10.7. The lowest BCUT2D eigenvalue weighted by Gasteiger charge is -2.05. The summed E-state index contributed by atoms with van der Waals surface area (Å²) in [6.45, 7) is 0.153. The van der Waals surface area contributed by atoms with E-state index in [0.29, 0.717) is 11.3 Å². The highest BCUT2D eigenvalue weighted by atomic mass is 16.6. The number of non-ortho nitro benzene ring substituents is 1. The minimum atomic E-state index is -0.589. The van der Waals surface area contributed by atoms with E-state index < -0.39 is 10.7 Å². The molecule has 0 aliphatic rings. The van der Waals surface area contributed by atoms with Crippen molar-refractivity contribution >= 4 is 22.6 Å². The first-order chi connectivity index (χ1) is 10.1. The molecular weight excluding hydrogens is 276 g/mol. The van der Waals surface area contributed by atoms with Crippen molar-refractivity contribution in [1.82, 2.24) is 9.55 Å². The molecule has 1 N–H and O–H groups in total. The molecule has 3 aromatic rings. The molecule has 0 saturated carbocycles. The van der Waals surface area contributed by atoms with E-state index in [2.05, 4.69) is 10.3 Å². The number of aromatic nitrogens is 2. The Morgan fingerprint density at radius 2 is 2.19 bits per heavy atom. The van der Waals surface area contributed by atoms with Crippen LogP contribution in [0.2, 0.25) is 0 Å². The van der Waals surface area contributed by atoms with Crippen LogP contribution < -0.4 is 11.1 Å². The molecule has 0 spiro atoms. The molecule has 21 heavy (non-hydrogen) atoms. The molecule has 3 rings (SSSR count). The minimum Gasteiger partial charge on any atom is -0.407 e. The average Bonchev–Trinajstić information content (AvgIpc) is 2.80. The Morgan fingerprint density at radius 1 is 1.33 bits per heavy atom. The van der Waals surface area contributed by atoms with Crippen LogP contribution >= 0.6 is 0 Å². The van der Waals surface area contributed by atoms with Crippen molar-refractivity contribution in [2.45, 2.75) is 6.67 Å². The van der Waals surface area contributed by atoms with Crippen LogP contribution in [0.25, 0.3) is 11.1 Å². The third-order valence-electron chi connectivity index (χ3n) is 2.95. The number of fused-ring (bicyclic) bond motifs is 1. The second kappa shape index (κ2) is 5.08. The fraction of sp³-hybridized carbons (Fsp3) is 0.0769. The van der Waals surface area contributed by atoms with Crippen molar-refractivity contribution in [1.29, 1.82) is 0 Å². The Morgan fingerprint density at radius 3 is 2.90 bits per heavy atom. The van der Waals surface area contributed by atoms with Gasteiger partial charge in [-0.05, 0) is 18.2 Å². The Kier molecular flexibility index (Phi) is 3.11. The fourth-order valence-corrected chi connectivity index (χ4v) is 1.95. The number of nitrogens with zero attached hydrogens (tertiary/aromatic N) is 3. The van der Waals surface area contributed by atoms with Gasteiger partial charge in [-0.1, -0.05) is 6.07 Å². The molecule has 2 aromatic heterocycles. The van der Waals surface area contributed by atoms with Crippen LogP contribution in [0.1, 0.15) is 0 Å². The summed E-state index contributed by atoms with van der Waals surface area (Å²) in [6, 6.07) is 9.40. The molecule has 0 amide bonds. The third-order valence-corrected chi connectivity index (χ3v) is 2.95. The number of pyridine rings is 1. The summed E-state index contributed by atoms with van der Waals surface area (Å²) in [4.78, 5) is 26.1. The van der Waals surface area contributed by atoms with Crippen LogP contribution in [-0.4, -0.2) is 14.5 Å². The zero-order chi connectivity index (χ0) is 14.8. The lowest BCUT2D eigenvalue weighted by molar-refractivity contribution is -0.384. The maximum absolute atomic E-state index is 11.8. The standard InChI is InChI=1S/C13H10N4O4/c18-13-16(8-15-12-3-1-2-6-14-12)10-5-4-9(17(19)20)7-11(10)21-13/h1-7H,8H2,(H,14,15). The Hall–Kier alpha value is -3.16. The Balaban J connectivity index is 1.93. The van der Waals surface area contributed by atoms with Gasteiger partial charge in [0.1, 0.15) is 12.5 Å². The van der Waals surface area contributed by atoms with Crippen molar-refractivity contribution in [3.63, 3.8) is 0 Å². The molecule has 0 aliphatic heterocycles. The molecule has 0 radical (unpaired) electrons. The molecule has 8 nitrogen and oxygen atoms in total. The molecular formula is C13H10N4O4. The van der Waals surface area contributed by atoms with E-state index in [1.807, 2.05) is 6.07 Å². The molecule has 0 unspecified atom stereocenters. The molecule has 0 atom stereocenters. The molecule has 8 heteroatoms. The van der Waals surface area contributed by atoms with E-state index in [1.54, 1.807) is 18.3 Å². The summed E-state index contributed by atoms with van der Waals surface area (Å²) in [7, 11) is 0. The third kappa shape index (κ3) is 2.46. The highest BCUT2D eigenvalue weighted by Crippen LogP contribution is 2.20. The zero-order valence-electron chi connectivity index (χ0n) is 10.7. The summed E-state index contributed by atoms with van der Waals surface area (Å²) in [5, 5.41) is 13.7. The van der Waals surface area contributed by atoms with E-state index in [9.17, 15) is 14.9 Å². The largest absolute Gasteiger partial charge is 0.421 e. The number of nitro benzene ring substituents is 1. The second-order valence-electron chi connectivity index (χ2n) is 4.26. The van der Waals surface area contributed by atoms with Gasteiger partial charge in [0.2, 0.25) is 0 Å². The van der Waals surface area contributed by atoms with E-state index in [0.717, 1.165) is 0 Å². The van der Waals surface area contributed by atoms with Gasteiger partial charge in [0.15, 0.2) is 5.58 Å². The van der Waals surface area contributed by atoms with Gasteiger partial charge in [0, 0.05) is 12.3 Å². The van der Waals surface area contributed by atoms with Crippen LogP contribution in [-0.2, 0) is 6.67 Å². The summed E-state index contributed by atoms with van der Waals surface area (Å²) in [5.74, 6) is 0.0228. The van der Waals surface area contributed by atoms with Gasteiger partial charge in [-0.25, -0.2) is 9.78 Å². The minimum absolute atomic E-state index is 0.124. The molecule has 0 bridgehead atoms. The van der Waals surface area contributed by atoms with Crippen LogP contribution in [0.15, 0.2) is 51.8 Å². The number of hydrogen-bond acceptors (Lipinski definition) is 6. The van der Waals surface area contributed by atoms with Crippen LogP contribution in [0, 0.1) is 10.1 Å². The lowest BCUT2D eigenvalue weighted by Crippen LogP contribution is -2.19. The molecule has 1 aromatic carbocycles. The fourth-order valence-electron chi connectivity index (χ4n) is 1.95. The van der Waals surface area contributed by atoms with Gasteiger partial charge in [0.05, 0.1) is 16.5 Å². The van der Waals surface area contributed by atoms with Gasteiger partial charge in [-0.2, -0.15) is 0 Å². The van der Waals surface area contributed by atoms with Crippen LogP contribution in [0.4, 0.5) is 11.5 Å². The van der Waals surface area contributed by atoms with Gasteiger partial charge < -0.3 is 9.73 Å². The Labute approximate surface area is 117 Å². The predicted molar refractivity (Wildman–Crippen MR) is 75.0 cm³/mol. The first-order valence-corrected chi connectivity index (χ1v) is 6.08. The van der Waals surface area contributed by atoms with Crippen molar-refractivity contribution in [3.8, 4) is 0 Å². The molecule has 0 saturated heterocycles. The normalized spacial score (nSPS) is 10.7. The van der Waals surface area contributed by atoms with Crippen LogP contribution in [0.5, 0.6) is 0 Å². The average molecular weight is 286 g/mol. The molecule has 106 valence electrons. The maximum Gasteiger partial charge on any atom is 0.421 e. The summed E-state index contributed by atoms with van der Waals surface area (Å²) >= 11 is 0. The first kappa shape index (κ1) is 12.9. The monoisotopic (exact) mass is 286 g/mol. The predicted octanol–water partition coefficient (Wildman–Crippen LogP) is 1.97. The van der Waals surface area contributed by atoms with Gasteiger partial charge in [-0.15, -0.1) is 0 Å². The van der Waals surface area contributed by atoms with E-state index >= 15 is 0 Å². The molecule has 0 aliphatic carbocycles. The van der Waals surface area contributed by atoms with E-state index in [1.165, 1.54) is 22.8 Å². The van der Waals surface area contributed by atoms with Crippen molar-refractivity contribution in [3.05, 3.63) is 63.3 Å². The maximum atomic E-state index is 11.8. The van der Waals surface area contributed by atoms with Gasteiger partial charge in [0.25, 0.3) is 5.69 Å². The molecule has 0 fully saturated rings. The first-order valence-electron chi connectivity index (χ1n) is 6.08. The van der Waals surface area contributed by atoms with Gasteiger partial charge in [-0.3, -0.25) is 14.7 Å². The number of anilines is 1. The highest BCUT2D eigenvalue weighted by molar-refractivity contribution is 5.75. The van der Waals surface area contributed by atoms with E-state index in [4.69, 9.17) is 4.42 Å². The van der Waals surface area contributed by atoms with Crippen molar-refractivity contribution in [2.75, 3.05) is 5.32 Å². The van der Waals surface area contributed by atoms with Crippen molar-refractivity contribution < 1.29 is 9.34 Å². The second-order valence-corrected chi connectivity index (χ2v) is 4.26. The quantitative estimate of drug-likeness (QED) is 0.581. The smallest absolute Gasteiger partial charge is 0.407 e. The summed E-state index contributed by atoms with van der Waals surface area (Å²) in [6.07, 6.45) is 1.63. The highest BCUT2D eigenvalue weighted by Gasteiger charge is 2.13. The SMILES string of the molecule is O=c1oc2cc([N+](=O)[O-])ccc2n1CNc1ccccn1. The number of rotatable bonds is 4. The number of hydrogen-bond donors (Lipinski definition) is 1. The topological polar surface area (TPSA) is 103 Å². The molecule has 2 heterocycles. The van der Waals surface area contributed by atoms with Crippen LogP contribution in [0.3, 0.4) is 0 Å². The lowest BCUT2D eigenvalue weighted by atomic mass is 10.3. The number of nitrogens with one attached hydrogen (secondary N) is 1.